The fourth-order valence-corrected chi connectivity index (χ4v) is 5.78. The minimum Gasteiger partial charge on any atom is -0.457 e. The molecule has 10 nitrogen and oxygen atoms in total. The maximum Gasteiger partial charge on any atom is 0.407 e. The summed E-state index contributed by atoms with van der Waals surface area (Å²) in [6, 6.07) is 5.57. The standard InChI is InChI=1S/C36H54N2O8/c1-7-29(40)26(5)34-30(44-34)21-23(2)11-10-12-24(3)33-25(4)14-15-31(36(6,43)18-16-28(39)22-32(41)46-33)45-35(42)38-20-17-27-13-8-9-19-37-27/h8-15,19,23,25-26,28-31,33-34,39-40,43H,7,16-18,20-22H2,1-6H3,(H,38,42)/b11-10+,15-14-,24-12+. The average molecular weight is 643 g/mol. The van der Waals surface area contributed by atoms with E-state index in [4.69, 9.17) is 14.2 Å². The highest BCUT2D eigenvalue weighted by Gasteiger charge is 2.45. The molecule has 10 unspecified atom stereocenters. The summed E-state index contributed by atoms with van der Waals surface area (Å²) in [7, 11) is 0. The van der Waals surface area contributed by atoms with E-state index in [1.807, 2.05) is 58.0 Å². The lowest BCUT2D eigenvalue weighted by Crippen LogP contribution is -2.44. The van der Waals surface area contributed by atoms with Crippen LogP contribution in [0, 0.1) is 17.8 Å². The highest BCUT2D eigenvalue weighted by Crippen LogP contribution is 2.36. The second kappa shape index (κ2) is 17.8. The van der Waals surface area contributed by atoms with Crippen molar-refractivity contribution in [2.45, 2.75) is 122 Å². The molecule has 0 radical (unpaired) electrons. The van der Waals surface area contributed by atoms with Crippen molar-refractivity contribution in [3.63, 3.8) is 0 Å². The maximum absolute atomic E-state index is 12.8. The molecule has 1 amide bonds. The van der Waals surface area contributed by atoms with Crippen molar-refractivity contribution in [2.75, 3.05) is 6.54 Å². The number of nitrogens with one attached hydrogen (secondary N) is 1. The Morgan fingerprint density at radius 1 is 1.28 bits per heavy atom. The lowest BCUT2D eigenvalue weighted by molar-refractivity contribution is -0.151. The molecule has 3 rings (SSSR count). The number of epoxide rings is 1. The predicted molar refractivity (Wildman–Crippen MR) is 176 cm³/mol. The zero-order valence-corrected chi connectivity index (χ0v) is 28.2. The van der Waals surface area contributed by atoms with Crippen LogP contribution in [-0.2, 0) is 25.4 Å². The Bertz CT molecular complexity index is 1200. The van der Waals surface area contributed by atoms with Gasteiger partial charge in [-0.15, -0.1) is 0 Å². The Morgan fingerprint density at radius 2 is 2.04 bits per heavy atom. The molecule has 1 aromatic heterocycles. The fraction of sp³-hybridized carbons (Fsp3) is 0.639. The van der Waals surface area contributed by atoms with Crippen molar-refractivity contribution in [3.05, 3.63) is 66.0 Å². The van der Waals surface area contributed by atoms with E-state index in [2.05, 4.69) is 23.3 Å². The Labute approximate surface area is 273 Å². The van der Waals surface area contributed by atoms with Gasteiger partial charge in [-0.1, -0.05) is 58.1 Å². The van der Waals surface area contributed by atoms with Gasteiger partial charge in [0.15, 0.2) is 6.10 Å². The number of hydrogen-bond acceptors (Lipinski definition) is 9. The van der Waals surface area contributed by atoms with Crippen LogP contribution in [0.3, 0.4) is 0 Å². The van der Waals surface area contributed by atoms with Crippen molar-refractivity contribution >= 4 is 12.1 Å². The average Bonchev–Trinajstić information content (AvgIpc) is 3.78. The largest absolute Gasteiger partial charge is 0.457 e. The quantitative estimate of drug-likeness (QED) is 0.109. The van der Waals surface area contributed by atoms with Gasteiger partial charge in [0.25, 0.3) is 0 Å². The molecule has 0 saturated carbocycles. The summed E-state index contributed by atoms with van der Waals surface area (Å²) in [5.74, 6) is -0.503. The van der Waals surface area contributed by atoms with Crippen LogP contribution < -0.4 is 5.32 Å². The number of carbonyl (C=O) groups excluding carboxylic acids is 2. The van der Waals surface area contributed by atoms with Crippen LogP contribution in [-0.4, -0.2) is 81.1 Å². The third kappa shape index (κ3) is 12.0. The van der Waals surface area contributed by atoms with E-state index in [0.717, 1.165) is 17.7 Å². The molecule has 256 valence electrons. The number of alkyl carbamates (subject to hydrolysis) is 1. The molecule has 10 heteroatoms. The van der Waals surface area contributed by atoms with E-state index < -0.39 is 36.0 Å². The van der Waals surface area contributed by atoms with E-state index in [1.54, 1.807) is 25.3 Å². The first-order valence-electron chi connectivity index (χ1n) is 16.6. The van der Waals surface area contributed by atoms with Crippen LogP contribution in [0.2, 0.25) is 0 Å². The molecule has 0 bridgehead atoms. The van der Waals surface area contributed by atoms with E-state index in [-0.39, 0.29) is 55.3 Å². The van der Waals surface area contributed by atoms with E-state index in [1.165, 1.54) is 0 Å². The number of aromatic nitrogens is 1. The summed E-state index contributed by atoms with van der Waals surface area (Å²) in [6.45, 7) is 11.7. The third-order valence-electron chi connectivity index (χ3n) is 8.95. The topological polar surface area (TPSA) is 151 Å². The lowest BCUT2D eigenvalue weighted by Gasteiger charge is -2.32. The number of pyridine rings is 1. The summed E-state index contributed by atoms with van der Waals surface area (Å²) in [5, 5.41) is 34.7. The van der Waals surface area contributed by atoms with E-state index >= 15 is 0 Å². The summed E-state index contributed by atoms with van der Waals surface area (Å²) in [5.41, 5.74) is 0.145. The Morgan fingerprint density at radius 3 is 2.74 bits per heavy atom. The molecule has 1 saturated heterocycles. The number of aliphatic hydroxyl groups is 3. The molecule has 0 aliphatic carbocycles. The van der Waals surface area contributed by atoms with Gasteiger partial charge < -0.3 is 34.8 Å². The van der Waals surface area contributed by atoms with Gasteiger partial charge in [-0.2, -0.15) is 0 Å². The normalized spacial score (nSPS) is 31.9. The SMILES string of the molecule is CCC(O)C(C)C1OC1CC(C)/C=C/C=C(\C)C1OC(=O)CC(O)CCC(C)(O)C(OC(=O)NCCc2ccccn2)/C=C\C1C. The smallest absolute Gasteiger partial charge is 0.407 e. The number of hydrogen-bond donors (Lipinski definition) is 4. The van der Waals surface area contributed by atoms with Gasteiger partial charge in [-0.05, 0) is 69.2 Å². The van der Waals surface area contributed by atoms with Gasteiger partial charge >= 0.3 is 12.1 Å². The van der Waals surface area contributed by atoms with Crippen molar-refractivity contribution in [1.82, 2.24) is 10.3 Å². The first kappa shape index (κ1) is 37.4. The van der Waals surface area contributed by atoms with Crippen LogP contribution >= 0.6 is 0 Å². The number of amides is 1. The van der Waals surface area contributed by atoms with Crippen LogP contribution in [0.15, 0.2) is 60.3 Å². The van der Waals surface area contributed by atoms with Gasteiger partial charge in [0.05, 0.1) is 30.8 Å². The van der Waals surface area contributed by atoms with Gasteiger partial charge in [-0.3, -0.25) is 9.78 Å². The zero-order valence-electron chi connectivity index (χ0n) is 28.2. The minimum atomic E-state index is -1.49. The number of cyclic esters (lactones) is 1. The van der Waals surface area contributed by atoms with Crippen molar-refractivity contribution in [2.24, 2.45) is 17.8 Å². The number of esters is 1. The minimum absolute atomic E-state index is 0.0907. The summed E-state index contributed by atoms with van der Waals surface area (Å²) >= 11 is 0. The molecule has 1 aromatic rings. The first-order chi connectivity index (χ1) is 21.8. The molecular formula is C36H54N2O8. The summed E-state index contributed by atoms with van der Waals surface area (Å²) in [6.07, 6.45) is 9.67. The van der Waals surface area contributed by atoms with Crippen molar-refractivity contribution < 1.29 is 39.1 Å². The molecule has 4 N–H and O–H groups in total. The Balaban J connectivity index is 1.67. The second-order valence-corrected chi connectivity index (χ2v) is 13.2. The molecule has 2 aliphatic rings. The number of aliphatic hydroxyl groups excluding tert-OH is 2. The summed E-state index contributed by atoms with van der Waals surface area (Å²) in [4.78, 5) is 29.7. The second-order valence-electron chi connectivity index (χ2n) is 13.2. The van der Waals surface area contributed by atoms with Gasteiger partial charge in [0.2, 0.25) is 0 Å². The predicted octanol–water partition coefficient (Wildman–Crippen LogP) is 4.82. The van der Waals surface area contributed by atoms with Crippen LogP contribution in [0.4, 0.5) is 4.79 Å². The Kier molecular flexibility index (Phi) is 14.4. The highest BCUT2D eigenvalue weighted by molar-refractivity contribution is 5.70. The Hall–Kier alpha value is -3.05. The first-order valence-corrected chi connectivity index (χ1v) is 16.6. The number of nitrogens with zero attached hydrogens (tertiary/aromatic N) is 1. The van der Waals surface area contributed by atoms with Gasteiger partial charge in [0, 0.05) is 36.7 Å². The number of ether oxygens (including phenoxy) is 3. The van der Waals surface area contributed by atoms with E-state index in [9.17, 15) is 24.9 Å². The molecule has 2 aliphatic heterocycles. The van der Waals surface area contributed by atoms with Crippen LogP contribution in [0.1, 0.15) is 79.3 Å². The number of carbonyl (C=O) groups is 2. The highest BCUT2D eigenvalue weighted by atomic mass is 16.6. The monoisotopic (exact) mass is 642 g/mol. The number of rotatable bonds is 12. The molecule has 1 fully saturated rings. The van der Waals surface area contributed by atoms with E-state index in [0.29, 0.717) is 19.4 Å². The van der Waals surface area contributed by atoms with Crippen LogP contribution in [0.25, 0.3) is 0 Å². The molecule has 0 aromatic carbocycles. The molecule has 3 heterocycles. The van der Waals surface area contributed by atoms with Gasteiger partial charge in [-0.25, -0.2) is 4.79 Å². The molecule has 46 heavy (non-hydrogen) atoms. The van der Waals surface area contributed by atoms with Gasteiger partial charge in [0.1, 0.15) is 11.7 Å². The zero-order chi connectivity index (χ0) is 33.9. The molecule has 0 spiro atoms. The van der Waals surface area contributed by atoms with Crippen molar-refractivity contribution in [1.29, 1.82) is 0 Å². The molecule has 10 atom stereocenters. The fourth-order valence-electron chi connectivity index (χ4n) is 5.78. The maximum atomic E-state index is 12.8. The van der Waals surface area contributed by atoms with Crippen LogP contribution in [0.5, 0.6) is 0 Å². The third-order valence-corrected chi connectivity index (χ3v) is 8.95. The van der Waals surface area contributed by atoms with Crippen molar-refractivity contribution in [3.8, 4) is 0 Å². The number of allylic oxidation sites excluding steroid dienone is 3. The molecular weight excluding hydrogens is 588 g/mol. The lowest BCUT2D eigenvalue weighted by atomic mass is 9.88. The summed E-state index contributed by atoms with van der Waals surface area (Å²) < 4.78 is 17.4.